The molecule has 0 unspecified atom stereocenters. The van der Waals surface area contributed by atoms with Crippen molar-refractivity contribution in [1.29, 1.82) is 0 Å². The van der Waals surface area contributed by atoms with Crippen molar-refractivity contribution in [2.24, 2.45) is 0 Å². The van der Waals surface area contributed by atoms with Crippen LogP contribution < -0.4 is 0 Å². The Kier molecular flexibility index (Phi) is 3.93. The zero-order valence-corrected chi connectivity index (χ0v) is 9.15. The van der Waals surface area contributed by atoms with Gasteiger partial charge in [0.25, 0.3) is 10.1 Å². The van der Waals surface area contributed by atoms with E-state index in [1.165, 1.54) is 6.92 Å². The molecule has 0 heterocycles. The molecule has 0 aliphatic rings. The predicted molar refractivity (Wildman–Crippen MR) is 50.6 cm³/mol. The number of benzene rings is 1. The second kappa shape index (κ2) is 4.84. The van der Waals surface area contributed by atoms with Gasteiger partial charge in [-0.15, -0.1) is 0 Å². The first-order valence-electron chi connectivity index (χ1n) is 4.36. The van der Waals surface area contributed by atoms with Crippen LogP contribution in [0.4, 0.5) is 13.2 Å². The lowest BCUT2D eigenvalue weighted by atomic mass is 10.2. The molecule has 0 spiro atoms. The van der Waals surface area contributed by atoms with Crippen LogP contribution in [0.1, 0.15) is 12.5 Å². The summed E-state index contributed by atoms with van der Waals surface area (Å²) in [6.45, 7) is 1.34. The third kappa shape index (κ3) is 3.21. The van der Waals surface area contributed by atoms with Gasteiger partial charge in [0.1, 0.15) is 11.6 Å². The number of halogens is 3. The zero-order valence-electron chi connectivity index (χ0n) is 8.34. The monoisotopic (exact) mass is 254 g/mol. The third-order valence-corrected chi connectivity index (χ3v) is 2.98. The van der Waals surface area contributed by atoms with Crippen molar-refractivity contribution in [3.8, 4) is 0 Å². The highest BCUT2D eigenvalue weighted by Gasteiger charge is 2.17. The van der Waals surface area contributed by atoms with E-state index in [9.17, 15) is 21.6 Å². The molecular weight excluding hydrogens is 245 g/mol. The molecule has 3 nitrogen and oxygen atoms in total. The number of hydrogen-bond acceptors (Lipinski definition) is 3. The first kappa shape index (κ1) is 13.0. The molecule has 0 radical (unpaired) electrons. The van der Waals surface area contributed by atoms with Gasteiger partial charge >= 0.3 is 0 Å². The van der Waals surface area contributed by atoms with E-state index >= 15 is 0 Å². The fraction of sp³-hybridized carbons (Fsp3) is 0.333. The summed E-state index contributed by atoms with van der Waals surface area (Å²) in [5.74, 6) is -4.62. The average Bonchev–Trinajstić information content (AvgIpc) is 2.13. The summed E-state index contributed by atoms with van der Waals surface area (Å²) in [6.07, 6.45) is 0. The number of hydrogen-bond donors (Lipinski definition) is 0. The van der Waals surface area contributed by atoms with E-state index in [4.69, 9.17) is 0 Å². The lowest BCUT2D eigenvalue weighted by Gasteiger charge is -2.05. The summed E-state index contributed by atoms with van der Waals surface area (Å²) in [7, 11) is -3.97. The second-order valence-electron chi connectivity index (χ2n) is 2.97. The molecule has 0 fully saturated rings. The van der Waals surface area contributed by atoms with Gasteiger partial charge in [-0.3, -0.25) is 4.18 Å². The van der Waals surface area contributed by atoms with Crippen molar-refractivity contribution >= 4 is 10.1 Å². The van der Waals surface area contributed by atoms with Crippen LogP contribution in [0.3, 0.4) is 0 Å². The van der Waals surface area contributed by atoms with Gasteiger partial charge in [0, 0.05) is 11.6 Å². The van der Waals surface area contributed by atoms with Crippen LogP contribution in [-0.2, 0) is 20.1 Å². The average molecular weight is 254 g/mol. The molecule has 0 N–H and O–H groups in total. The number of rotatable bonds is 4. The van der Waals surface area contributed by atoms with Crippen molar-refractivity contribution < 1.29 is 25.8 Å². The highest BCUT2D eigenvalue weighted by molar-refractivity contribution is 7.85. The molecule has 0 saturated carbocycles. The van der Waals surface area contributed by atoms with Crippen molar-refractivity contribution in [3.05, 3.63) is 35.1 Å². The minimum Gasteiger partial charge on any atom is -0.270 e. The van der Waals surface area contributed by atoms with E-state index < -0.39 is 38.9 Å². The Morgan fingerprint density at radius 2 is 1.69 bits per heavy atom. The largest absolute Gasteiger partial charge is 0.271 e. The van der Waals surface area contributed by atoms with Gasteiger partial charge in [-0.1, -0.05) is 0 Å². The van der Waals surface area contributed by atoms with Crippen LogP contribution in [0.15, 0.2) is 12.1 Å². The van der Waals surface area contributed by atoms with Crippen molar-refractivity contribution in [2.75, 3.05) is 6.61 Å². The molecule has 0 amide bonds. The van der Waals surface area contributed by atoms with Gasteiger partial charge < -0.3 is 0 Å². The minimum atomic E-state index is -3.97. The maximum absolute atomic E-state index is 13.1. The van der Waals surface area contributed by atoms with Crippen LogP contribution in [-0.4, -0.2) is 15.0 Å². The molecule has 1 aromatic carbocycles. The second-order valence-corrected chi connectivity index (χ2v) is 4.61. The molecule has 0 saturated heterocycles. The van der Waals surface area contributed by atoms with Gasteiger partial charge in [-0.2, -0.15) is 8.42 Å². The normalized spacial score (nSPS) is 11.8. The van der Waals surface area contributed by atoms with Crippen molar-refractivity contribution in [3.63, 3.8) is 0 Å². The Hall–Kier alpha value is -1.08. The fourth-order valence-corrected chi connectivity index (χ4v) is 2.13. The van der Waals surface area contributed by atoms with Crippen LogP contribution in [0.25, 0.3) is 0 Å². The quantitative estimate of drug-likeness (QED) is 0.609. The molecule has 16 heavy (non-hydrogen) atoms. The van der Waals surface area contributed by atoms with Gasteiger partial charge in [-0.05, 0) is 13.0 Å². The van der Waals surface area contributed by atoms with E-state index in [2.05, 4.69) is 4.18 Å². The lowest BCUT2D eigenvalue weighted by Crippen LogP contribution is -2.10. The van der Waals surface area contributed by atoms with Gasteiger partial charge in [0.05, 0.1) is 6.61 Å². The molecular formula is C9H9F3O3S. The van der Waals surface area contributed by atoms with Gasteiger partial charge in [0.15, 0.2) is 11.6 Å². The first-order valence-corrected chi connectivity index (χ1v) is 5.94. The molecule has 0 aromatic heterocycles. The standard InChI is InChI=1S/C9H9F3O3S/c1-2-15-16(13,14)5-6-3-8(11)9(12)4-7(6)10/h3-4H,2,5H2,1H3. The van der Waals surface area contributed by atoms with Crippen molar-refractivity contribution in [2.45, 2.75) is 12.7 Å². The SMILES string of the molecule is CCOS(=O)(=O)Cc1cc(F)c(F)cc1F. The fourth-order valence-electron chi connectivity index (χ4n) is 1.09. The van der Waals surface area contributed by atoms with Crippen molar-refractivity contribution in [1.82, 2.24) is 0 Å². The highest BCUT2D eigenvalue weighted by Crippen LogP contribution is 2.16. The maximum atomic E-state index is 13.1. The summed E-state index contributed by atoms with van der Waals surface area (Å²) >= 11 is 0. The van der Waals surface area contributed by atoms with Crippen LogP contribution in [0.2, 0.25) is 0 Å². The van der Waals surface area contributed by atoms with Gasteiger partial charge in [-0.25, -0.2) is 13.2 Å². The van der Waals surface area contributed by atoms with Gasteiger partial charge in [0.2, 0.25) is 0 Å². The van der Waals surface area contributed by atoms with Crippen LogP contribution >= 0.6 is 0 Å². The first-order chi connectivity index (χ1) is 7.35. The zero-order chi connectivity index (χ0) is 12.3. The molecule has 1 aromatic rings. The molecule has 0 aliphatic carbocycles. The summed E-state index contributed by atoms with van der Waals surface area (Å²) < 4.78 is 65.0. The molecule has 0 atom stereocenters. The molecule has 1 rings (SSSR count). The van der Waals surface area contributed by atoms with E-state index in [1.807, 2.05) is 0 Å². The van der Waals surface area contributed by atoms with E-state index in [1.54, 1.807) is 0 Å². The molecule has 0 aliphatic heterocycles. The smallest absolute Gasteiger partial charge is 0.270 e. The topological polar surface area (TPSA) is 43.4 Å². The summed E-state index contributed by atoms with van der Waals surface area (Å²) in [4.78, 5) is 0. The maximum Gasteiger partial charge on any atom is 0.271 e. The third-order valence-electron chi connectivity index (χ3n) is 1.72. The molecule has 90 valence electrons. The Labute approximate surface area is 91.0 Å². The minimum absolute atomic E-state index is 0.104. The summed E-state index contributed by atoms with van der Waals surface area (Å²) in [6, 6.07) is 0.799. The predicted octanol–water partition coefficient (Wildman–Crippen LogP) is 1.97. The summed E-state index contributed by atoms with van der Waals surface area (Å²) in [5, 5.41) is 0. The Morgan fingerprint density at radius 3 is 2.25 bits per heavy atom. The van der Waals surface area contributed by atoms with Crippen LogP contribution in [0.5, 0.6) is 0 Å². The summed E-state index contributed by atoms with van der Waals surface area (Å²) in [5.41, 5.74) is -0.465. The lowest BCUT2D eigenvalue weighted by molar-refractivity contribution is 0.337. The molecule has 0 bridgehead atoms. The Balaban J connectivity index is 3.03. The van der Waals surface area contributed by atoms with Crippen LogP contribution in [0, 0.1) is 17.5 Å². The van der Waals surface area contributed by atoms with E-state index in [0.717, 1.165) is 0 Å². The highest BCUT2D eigenvalue weighted by atomic mass is 32.2. The van der Waals surface area contributed by atoms with E-state index in [-0.39, 0.29) is 6.61 Å². The molecule has 7 heteroatoms. The Morgan fingerprint density at radius 1 is 1.12 bits per heavy atom. The Bertz CT molecular complexity index is 485. The van der Waals surface area contributed by atoms with E-state index in [0.29, 0.717) is 12.1 Å².